The highest BCUT2D eigenvalue weighted by molar-refractivity contribution is 7.98. The van der Waals surface area contributed by atoms with Crippen molar-refractivity contribution in [2.45, 2.75) is 17.8 Å². The van der Waals surface area contributed by atoms with Crippen molar-refractivity contribution in [3.05, 3.63) is 90.6 Å². The number of nitrogens with zero attached hydrogens (tertiary/aromatic N) is 4. The predicted molar refractivity (Wildman–Crippen MR) is 115 cm³/mol. The Balaban J connectivity index is 1.43. The summed E-state index contributed by atoms with van der Waals surface area (Å²) in [6, 6.07) is 17.9. The normalized spacial score (nSPS) is 11.2. The van der Waals surface area contributed by atoms with Crippen molar-refractivity contribution >= 4 is 11.8 Å². The Hall–Kier alpha value is -3.65. The predicted octanol–water partition coefficient (Wildman–Crippen LogP) is 5.92. The van der Waals surface area contributed by atoms with Gasteiger partial charge in [0.05, 0.1) is 23.8 Å². The van der Waals surface area contributed by atoms with Crippen LogP contribution in [0.1, 0.15) is 11.7 Å². The molecule has 5 aromatic rings. The van der Waals surface area contributed by atoms with Crippen LogP contribution in [-0.4, -0.2) is 19.7 Å². The zero-order valence-electron chi connectivity index (χ0n) is 16.5. The molecule has 0 radical (unpaired) electrons. The monoisotopic (exact) mass is 432 g/mol. The number of aryl methyl sites for hydroxylation is 1. The van der Waals surface area contributed by atoms with Crippen molar-refractivity contribution in [3.63, 3.8) is 0 Å². The average molecular weight is 432 g/mol. The summed E-state index contributed by atoms with van der Waals surface area (Å²) in [6.45, 7) is 1.90. The van der Waals surface area contributed by atoms with Gasteiger partial charge in [0.25, 0.3) is 0 Å². The second-order valence-corrected chi connectivity index (χ2v) is 7.72. The zero-order valence-corrected chi connectivity index (χ0v) is 17.3. The summed E-state index contributed by atoms with van der Waals surface area (Å²) >= 11 is 1.47. The zero-order chi connectivity index (χ0) is 21.2. The first kappa shape index (κ1) is 19.3. The van der Waals surface area contributed by atoms with Crippen molar-refractivity contribution < 1.29 is 13.2 Å². The van der Waals surface area contributed by atoms with E-state index in [9.17, 15) is 4.39 Å². The molecule has 0 amide bonds. The van der Waals surface area contributed by atoms with Gasteiger partial charge < -0.3 is 8.83 Å². The van der Waals surface area contributed by atoms with Gasteiger partial charge in [0, 0.05) is 11.3 Å². The Kier molecular flexibility index (Phi) is 5.13. The van der Waals surface area contributed by atoms with Gasteiger partial charge in [-0.3, -0.25) is 4.57 Å². The van der Waals surface area contributed by atoms with Crippen LogP contribution in [0.15, 0.2) is 87.1 Å². The molecule has 0 aliphatic carbocycles. The highest BCUT2D eigenvalue weighted by Gasteiger charge is 2.19. The maximum absolute atomic E-state index is 13.2. The van der Waals surface area contributed by atoms with Crippen molar-refractivity contribution in [1.29, 1.82) is 0 Å². The molecule has 0 N–H and O–H groups in total. The van der Waals surface area contributed by atoms with Gasteiger partial charge in [0.15, 0.2) is 16.7 Å². The molecule has 6 nitrogen and oxygen atoms in total. The van der Waals surface area contributed by atoms with E-state index in [1.54, 1.807) is 24.6 Å². The van der Waals surface area contributed by atoms with Crippen LogP contribution < -0.4 is 0 Å². The summed E-state index contributed by atoms with van der Waals surface area (Å²) < 4.78 is 26.5. The number of hydrogen-bond donors (Lipinski definition) is 0. The van der Waals surface area contributed by atoms with E-state index in [1.807, 2.05) is 47.9 Å². The number of aromatic nitrogens is 4. The molecule has 5 rings (SSSR count). The van der Waals surface area contributed by atoms with Crippen LogP contribution in [0.4, 0.5) is 4.39 Å². The maximum Gasteiger partial charge on any atom is 0.205 e. The van der Waals surface area contributed by atoms with Gasteiger partial charge in [-0.05, 0) is 49.4 Å². The van der Waals surface area contributed by atoms with Gasteiger partial charge in [-0.1, -0.05) is 30.0 Å². The molecule has 0 saturated heterocycles. The van der Waals surface area contributed by atoms with E-state index in [4.69, 9.17) is 8.83 Å². The first-order valence-electron chi connectivity index (χ1n) is 9.58. The first-order chi connectivity index (χ1) is 15.2. The molecule has 31 heavy (non-hydrogen) atoms. The van der Waals surface area contributed by atoms with Crippen LogP contribution in [0.2, 0.25) is 0 Å². The van der Waals surface area contributed by atoms with E-state index in [0.29, 0.717) is 28.4 Å². The molecule has 0 saturated carbocycles. The molecule has 0 spiro atoms. The van der Waals surface area contributed by atoms with E-state index < -0.39 is 0 Å². The quantitative estimate of drug-likeness (QED) is 0.310. The minimum absolute atomic E-state index is 0.289. The summed E-state index contributed by atoms with van der Waals surface area (Å²) in [5.74, 6) is 2.80. The number of oxazole rings is 1. The van der Waals surface area contributed by atoms with Crippen molar-refractivity contribution in [2.24, 2.45) is 0 Å². The molecule has 0 atom stereocenters. The van der Waals surface area contributed by atoms with Gasteiger partial charge in [-0.25, -0.2) is 9.37 Å². The summed E-state index contributed by atoms with van der Waals surface area (Å²) in [7, 11) is 0. The minimum Gasteiger partial charge on any atom is -0.469 e. The number of thioether (sulfide) groups is 1. The van der Waals surface area contributed by atoms with Gasteiger partial charge in [-0.2, -0.15) is 0 Å². The first-order valence-corrected chi connectivity index (χ1v) is 10.6. The summed E-state index contributed by atoms with van der Waals surface area (Å²) in [5, 5.41) is 9.53. The van der Waals surface area contributed by atoms with Crippen LogP contribution in [0.3, 0.4) is 0 Å². The molecule has 0 aliphatic heterocycles. The standard InChI is InChI=1S/C23H17FN4O2S/c1-15-19(11-12-29-15)22-26-27-23(28(22)18-5-3-2-4-6-18)31-14-21-25-13-20(30-21)16-7-9-17(24)10-8-16/h2-13H,14H2,1H3. The van der Waals surface area contributed by atoms with E-state index in [-0.39, 0.29) is 5.82 Å². The Morgan fingerprint density at radius 2 is 1.81 bits per heavy atom. The third-order valence-corrected chi connectivity index (χ3v) is 5.67. The van der Waals surface area contributed by atoms with E-state index in [1.165, 1.54) is 23.9 Å². The second kappa shape index (κ2) is 8.23. The summed E-state index contributed by atoms with van der Waals surface area (Å²) in [5.41, 5.74) is 2.61. The Morgan fingerprint density at radius 3 is 2.55 bits per heavy atom. The third kappa shape index (κ3) is 3.89. The molecular weight excluding hydrogens is 415 g/mol. The lowest BCUT2D eigenvalue weighted by Crippen LogP contribution is -1.99. The number of benzene rings is 2. The van der Waals surface area contributed by atoms with Gasteiger partial charge in [0.2, 0.25) is 5.89 Å². The maximum atomic E-state index is 13.2. The van der Waals surface area contributed by atoms with Crippen molar-refractivity contribution in [1.82, 2.24) is 19.7 Å². The Morgan fingerprint density at radius 1 is 1.00 bits per heavy atom. The molecule has 2 aromatic carbocycles. The fourth-order valence-electron chi connectivity index (χ4n) is 3.22. The number of hydrogen-bond acceptors (Lipinski definition) is 6. The highest BCUT2D eigenvalue weighted by Crippen LogP contribution is 2.32. The largest absolute Gasteiger partial charge is 0.469 e. The second-order valence-electron chi connectivity index (χ2n) is 6.78. The lowest BCUT2D eigenvalue weighted by Gasteiger charge is -2.09. The van der Waals surface area contributed by atoms with E-state index >= 15 is 0 Å². The third-order valence-electron chi connectivity index (χ3n) is 4.75. The molecule has 0 bridgehead atoms. The SMILES string of the molecule is Cc1occc1-c1nnc(SCc2ncc(-c3ccc(F)cc3)o2)n1-c1ccccc1. The number of halogens is 1. The number of rotatable bonds is 6. The van der Waals surface area contributed by atoms with Gasteiger partial charge in [-0.15, -0.1) is 10.2 Å². The fraction of sp³-hybridized carbons (Fsp3) is 0.0870. The molecule has 3 aromatic heterocycles. The van der Waals surface area contributed by atoms with Crippen LogP contribution in [0, 0.1) is 12.7 Å². The fourth-order valence-corrected chi connectivity index (χ4v) is 4.02. The molecule has 0 fully saturated rings. The topological polar surface area (TPSA) is 69.9 Å². The number of para-hydroxylation sites is 1. The van der Waals surface area contributed by atoms with Gasteiger partial charge >= 0.3 is 0 Å². The van der Waals surface area contributed by atoms with Crippen molar-refractivity contribution in [2.75, 3.05) is 0 Å². The average Bonchev–Trinajstić information content (AvgIpc) is 3.53. The van der Waals surface area contributed by atoms with Crippen LogP contribution >= 0.6 is 11.8 Å². The van der Waals surface area contributed by atoms with Crippen LogP contribution in [0.5, 0.6) is 0 Å². The molecule has 0 aliphatic rings. The lowest BCUT2D eigenvalue weighted by molar-refractivity contribution is 0.529. The van der Waals surface area contributed by atoms with E-state index in [2.05, 4.69) is 15.2 Å². The van der Waals surface area contributed by atoms with Crippen LogP contribution in [-0.2, 0) is 5.75 Å². The van der Waals surface area contributed by atoms with Crippen LogP contribution in [0.25, 0.3) is 28.4 Å². The molecule has 8 heteroatoms. The molecule has 3 heterocycles. The summed E-state index contributed by atoms with van der Waals surface area (Å²) in [4.78, 5) is 4.35. The number of furan rings is 1. The molecular formula is C23H17FN4O2S. The van der Waals surface area contributed by atoms with Gasteiger partial charge in [0.1, 0.15) is 11.6 Å². The lowest BCUT2D eigenvalue weighted by atomic mass is 10.2. The smallest absolute Gasteiger partial charge is 0.205 e. The molecule has 0 unspecified atom stereocenters. The highest BCUT2D eigenvalue weighted by atomic mass is 32.2. The van der Waals surface area contributed by atoms with E-state index in [0.717, 1.165) is 22.6 Å². The minimum atomic E-state index is -0.289. The van der Waals surface area contributed by atoms with Crippen molar-refractivity contribution in [3.8, 4) is 28.4 Å². The Labute approximate surface area is 181 Å². The molecule has 154 valence electrons. The Bertz CT molecular complexity index is 1310. The summed E-state index contributed by atoms with van der Waals surface area (Å²) in [6.07, 6.45) is 3.29.